The number of hydrogen-bond acceptors (Lipinski definition) is 5. The summed E-state index contributed by atoms with van der Waals surface area (Å²) in [6.45, 7) is 1.37. The van der Waals surface area contributed by atoms with Gasteiger partial charge in [-0.2, -0.15) is 0 Å². The number of anilines is 3. The van der Waals surface area contributed by atoms with Gasteiger partial charge < -0.3 is 25.7 Å². The molecule has 1 aliphatic rings. The molecule has 8 nitrogen and oxygen atoms in total. The molecule has 1 aliphatic heterocycles. The molecule has 0 atom stereocenters. The highest BCUT2D eigenvalue weighted by Gasteiger charge is 2.19. The summed E-state index contributed by atoms with van der Waals surface area (Å²) in [5, 5.41) is 10.1. The molecule has 4 rings (SSSR count). The number of amides is 1. The maximum Gasteiger partial charge on any atom is 0.248 e. The Labute approximate surface area is 174 Å². The predicted octanol–water partition coefficient (Wildman–Crippen LogP) is 1.33. The van der Waals surface area contributed by atoms with E-state index < -0.39 is 0 Å². The van der Waals surface area contributed by atoms with Crippen LogP contribution in [0.5, 0.6) is 0 Å². The summed E-state index contributed by atoms with van der Waals surface area (Å²) in [5.74, 6) is 0.00944. The normalized spacial score (nSPS) is 13.9. The number of nitrogen functional groups attached to an aromatic ring is 1. The molecule has 30 heavy (non-hydrogen) atoms. The summed E-state index contributed by atoms with van der Waals surface area (Å²) in [7, 11) is 1.53. The monoisotopic (exact) mass is 405 g/mol. The Bertz CT molecular complexity index is 1130. The third-order valence-corrected chi connectivity index (χ3v) is 5.25. The molecule has 154 valence electrons. The largest absolute Gasteiger partial charge is 0.398 e. The summed E-state index contributed by atoms with van der Waals surface area (Å²) < 4.78 is 4.94. The first-order valence-corrected chi connectivity index (χ1v) is 9.74. The molecule has 0 saturated heterocycles. The Kier molecular flexibility index (Phi) is 5.49. The number of H-pyrrole nitrogens is 1. The van der Waals surface area contributed by atoms with Gasteiger partial charge in [0.1, 0.15) is 12.3 Å². The Morgan fingerprint density at radius 1 is 1.40 bits per heavy atom. The number of nitrogens with zero attached hydrogens (tertiary/aromatic N) is 2. The van der Waals surface area contributed by atoms with E-state index in [1.165, 1.54) is 18.9 Å². The number of hydrogen-bond donors (Lipinski definition) is 4. The fraction of sp³-hybridized carbons (Fsp3) is 0.227. The second kappa shape index (κ2) is 8.38. The van der Waals surface area contributed by atoms with Gasteiger partial charge in [-0.1, -0.05) is 6.08 Å². The van der Waals surface area contributed by atoms with Gasteiger partial charge in [0.05, 0.1) is 11.3 Å². The first kappa shape index (κ1) is 19.7. The Balaban J connectivity index is 1.58. The fourth-order valence-corrected chi connectivity index (χ4v) is 3.62. The summed E-state index contributed by atoms with van der Waals surface area (Å²) in [4.78, 5) is 21.7. The fourth-order valence-electron chi connectivity index (χ4n) is 3.62. The topological polar surface area (TPSA) is 122 Å². The molecule has 3 aromatic rings. The molecule has 0 fully saturated rings. The van der Waals surface area contributed by atoms with Gasteiger partial charge in [0, 0.05) is 48.9 Å². The van der Waals surface area contributed by atoms with Crippen molar-refractivity contribution in [2.75, 3.05) is 37.9 Å². The van der Waals surface area contributed by atoms with Crippen LogP contribution < -0.4 is 16.5 Å². The van der Waals surface area contributed by atoms with E-state index in [2.05, 4.69) is 27.4 Å². The lowest BCUT2D eigenvalue weighted by Crippen LogP contribution is -2.36. The van der Waals surface area contributed by atoms with E-state index in [1.54, 1.807) is 11.1 Å². The van der Waals surface area contributed by atoms with Crippen LogP contribution in [0.1, 0.15) is 17.7 Å². The van der Waals surface area contributed by atoms with Crippen molar-refractivity contribution in [3.8, 4) is 0 Å². The van der Waals surface area contributed by atoms with Crippen LogP contribution in [0, 0.1) is 0 Å². The zero-order valence-corrected chi connectivity index (χ0v) is 16.8. The number of nitrogens with one attached hydrogen (secondary N) is 2. The second-order valence-electron chi connectivity index (χ2n) is 7.19. The molecule has 0 bridgehead atoms. The minimum atomic E-state index is 0.00944. The van der Waals surface area contributed by atoms with Crippen molar-refractivity contribution in [1.29, 1.82) is 0 Å². The third kappa shape index (κ3) is 3.90. The number of nitrogens with two attached hydrogens (primary N) is 2. The number of benzene rings is 1. The lowest BCUT2D eigenvalue weighted by Gasteiger charge is -2.26. The average molecular weight is 405 g/mol. The first-order valence-electron chi connectivity index (χ1n) is 9.74. The smallest absolute Gasteiger partial charge is 0.248 e. The minimum Gasteiger partial charge on any atom is -0.398 e. The van der Waals surface area contributed by atoms with E-state index in [0.29, 0.717) is 18.8 Å². The number of carbonyl (C=O) groups excluding carboxylic acids is 1. The van der Waals surface area contributed by atoms with Crippen molar-refractivity contribution in [3.63, 3.8) is 0 Å². The molecule has 0 radical (unpaired) electrons. The molecule has 1 aromatic carbocycles. The lowest BCUT2D eigenvalue weighted by atomic mass is 10.0. The van der Waals surface area contributed by atoms with E-state index in [9.17, 15) is 4.79 Å². The SMILES string of the molecule is COCC(=O)N1CC=C(c2cc3c(Nc4ccc(N)c(C=[NH2+])c4)ccnc3[nH]2)CC1. The summed E-state index contributed by atoms with van der Waals surface area (Å²) in [5.41, 5.74) is 12.1. The zero-order chi connectivity index (χ0) is 21.1. The van der Waals surface area contributed by atoms with Gasteiger partial charge in [0.2, 0.25) is 5.91 Å². The number of pyridine rings is 1. The van der Waals surface area contributed by atoms with Crippen molar-refractivity contribution >= 4 is 45.8 Å². The van der Waals surface area contributed by atoms with Crippen LogP contribution >= 0.6 is 0 Å². The summed E-state index contributed by atoms with van der Waals surface area (Å²) >= 11 is 0. The number of ether oxygens (including phenoxy) is 1. The van der Waals surface area contributed by atoms with E-state index in [0.717, 1.165) is 40.1 Å². The van der Waals surface area contributed by atoms with Crippen LogP contribution in [-0.2, 0) is 9.53 Å². The molecular weight excluding hydrogens is 380 g/mol. The lowest BCUT2D eigenvalue weighted by molar-refractivity contribution is -0.134. The second-order valence-corrected chi connectivity index (χ2v) is 7.19. The molecule has 2 aromatic heterocycles. The molecule has 3 heterocycles. The van der Waals surface area contributed by atoms with E-state index >= 15 is 0 Å². The minimum absolute atomic E-state index is 0.00944. The molecule has 0 saturated carbocycles. The van der Waals surface area contributed by atoms with E-state index in [4.69, 9.17) is 15.9 Å². The quantitative estimate of drug-likeness (QED) is 0.364. The average Bonchev–Trinajstić information content (AvgIpc) is 3.21. The highest BCUT2D eigenvalue weighted by molar-refractivity contribution is 5.95. The van der Waals surface area contributed by atoms with Crippen molar-refractivity contribution in [2.45, 2.75) is 6.42 Å². The van der Waals surface area contributed by atoms with Crippen LogP contribution in [0.4, 0.5) is 17.1 Å². The number of aromatic nitrogens is 2. The Morgan fingerprint density at radius 2 is 2.27 bits per heavy atom. The van der Waals surface area contributed by atoms with E-state index in [-0.39, 0.29) is 12.5 Å². The summed E-state index contributed by atoms with van der Waals surface area (Å²) in [6, 6.07) is 9.67. The third-order valence-electron chi connectivity index (χ3n) is 5.25. The van der Waals surface area contributed by atoms with Gasteiger partial charge in [-0.25, -0.2) is 4.98 Å². The van der Waals surface area contributed by atoms with Crippen molar-refractivity contribution in [3.05, 3.63) is 53.9 Å². The number of methoxy groups -OCH3 is 1. The molecule has 1 amide bonds. The summed E-state index contributed by atoms with van der Waals surface area (Å²) in [6.07, 6.45) is 6.11. The number of aromatic amines is 1. The van der Waals surface area contributed by atoms with Gasteiger partial charge >= 0.3 is 0 Å². The highest BCUT2D eigenvalue weighted by Crippen LogP contribution is 2.30. The van der Waals surface area contributed by atoms with Gasteiger partial charge in [0.25, 0.3) is 0 Å². The van der Waals surface area contributed by atoms with Gasteiger partial charge in [-0.05, 0) is 42.3 Å². The van der Waals surface area contributed by atoms with Crippen molar-refractivity contribution in [2.24, 2.45) is 0 Å². The number of fused-ring (bicyclic) bond motifs is 1. The molecular formula is C22H25N6O2+. The van der Waals surface area contributed by atoms with Crippen LogP contribution in [0.25, 0.3) is 16.6 Å². The Morgan fingerprint density at radius 3 is 3.00 bits per heavy atom. The number of rotatable bonds is 6. The Hall–Kier alpha value is -3.65. The standard InChI is InChI=1S/C22H24N6O2/c1-30-13-21(29)28-8-5-14(6-9-28)20-11-17-19(4-7-25-22(17)27-20)26-16-2-3-18(24)15(10-16)12-23/h2-5,7,10-12,23H,6,8-9,13,24H2,1H3,(H2,25,26,27)/p+1. The molecule has 8 heteroatoms. The first-order chi connectivity index (χ1) is 14.6. The number of carbonyl (C=O) groups is 1. The molecule has 0 unspecified atom stereocenters. The van der Waals surface area contributed by atoms with Crippen LogP contribution in [-0.4, -0.2) is 53.8 Å². The van der Waals surface area contributed by atoms with Crippen molar-refractivity contribution in [1.82, 2.24) is 14.9 Å². The van der Waals surface area contributed by atoms with Crippen LogP contribution in [0.2, 0.25) is 0 Å². The van der Waals surface area contributed by atoms with Crippen LogP contribution in [0.3, 0.4) is 0 Å². The van der Waals surface area contributed by atoms with Crippen molar-refractivity contribution < 1.29 is 14.9 Å². The molecule has 0 spiro atoms. The maximum absolute atomic E-state index is 12.0. The highest BCUT2D eigenvalue weighted by atomic mass is 16.5. The molecule has 6 N–H and O–H groups in total. The van der Waals surface area contributed by atoms with Gasteiger partial charge in [-0.15, -0.1) is 0 Å². The maximum atomic E-state index is 12.0. The predicted molar refractivity (Wildman–Crippen MR) is 118 cm³/mol. The van der Waals surface area contributed by atoms with Gasteiger partial charge in [-0.3, -0.25) is 10.2 Å². The van der Waals surface area contributed by atoms with E-state index in [1.807, 2.05) is 24.3 Å². The zero-order valence-electron chi connectivity index (χ0n) is 16.8. The van der Waals surface area contributed by atoms with Gasteiger partial charge in [0.15, 0.2) is 6.21 Å². The van der Waals surface area contributed by atoms with Crippen LogP contribution in [0.15, 0.2) is 42.6 Å². The molecule has 0 aliphatic carbocycles.